The first kappa shape index (κ1) is 18.3. The van der Waals surface area contributed by atoms with E-state index in [1.807, 2.05) is 0 Å². The predicted molar refractivity (Wildman–Crippen MR) is 86.5 cm³/mol. The molecule has 0 atom stereocenters. The molecule has 1 aliphatic carbocycles. The van der Waals surface area contributed by atoms with E-state index in [9.17, 15) is 9.59 Å². The lowest BCUT2D eigenvalue weighted by Gasteiger charge is -2.19. The van der Waals surface area contributed by atoms with Gasteiger partial charge in [-0.05, 0) is 46.5 Å². The maximum absolute atomic E-state index is 11.6. The molecule has 1 saturated carbocycles. The molecule has 0 aromatic carbocycles. The first-order chi connectivity index (χ1) is 10.3. The molecule has 22 heavy (non-hydrogen) atoms. The van der Waals surface area contributed by atoms with Crippen molar-refractivity contribution < 1.29 is 14.3 Å². The van der Waals surface area contributed by atoms with E-state index in [-0.39, 0.29) is 6.03 Å². The number of ether oxygens (including phenoxy) is 1. The van der Waals surface area contributed by atoms with Crippen LogP contribution in [0.3, 0.4) is 0 Å². The van der Waals surface area contributed by atoms with E-state index in [2.05, 4.69) is 22.9 Å². The van der Waals surface area contributed by atoms with Gasteiger partial charge in [-0.25, -0.2) is 9.59 Å². The average Bonchev–Trinajstić information content (AvgIpc) is 2.93. The molecule has 1 aliphatic rings. The lowest BCUT2D eigenvalue weighted by Crippen LogP contribution is -2.40. The number of hydrogen-bond donors (Lipinski definition) is 3. The Morgan fingerprint density at radius 2 is 1.73 bits per heavy atom. The van der Waals surface area contributed by atoms with Gasteiger partial charge in [0.05, 0.1) is 0 Å². The van der Waals surface area contributed by atoms with Crippen molar-refractivity contribution in [3.05, 3.63) is 11.8 Å². The Bertz CT molecular complexity index is 407. The molecule has 0 aromatic rings. The number of nitrogens with one attached hydrogen (secondary N) is 3. The molecule has 0 bridgehead atoms. The van der Waals surface area contributed by atoms with Gasteiger partial charge in [0.25, 0.3) is 0 Å². The third-order valence-electron chi connectivity index (χ3n) is 3.51. The SMILES string of the molecule is C/C(=C\NC(=O)NCCNC(=O)OC(C)(C)C)C1CCCC1. The van der Waals surface area contributed by atoms with Gasteiger partial charge in [0, 0.05) is 19.3 Å². The fourth-order valence-electron chi connectivity index (χ4n) is 2.38. The van der Waals surface area contributed by atoms with Crippen LogP contribution in [0.4, 0.5) is 9.59 Å². The van der Waals surface area contributed by atoms with Gasteiger partial charge in [-0.1, -0.05) is 18.4 Å². The molecule has 3 amide bonds. The molecule has 1 fully saturated rings. The van der Waals surface area contributed by atoms with Crippen molar-refractivity contribution in [3.8, 4) is 0 Å². The predicted octanol–water partition coefficient (Wildman–Crippen LogP) is 2.90. The van der Waals surface area contributed by atoms with E-state index >= 15 is 0 Å². The number of allylic oxidation sites excluding steroid dienone is 1. The quantitative estimate of drug-likeness (QED) is 0.683. The number of alkyl carbamates (subject to hydrolysis) is 1. The van der Waals surface area contributed by atoms with Crippen molar-refractivity contribution >= 4 is 12.1 Å². The van der Waals surface area contributed by atoms with Gasteiger partial charge in [0.15, 0.2) is 0 Å². The van der Waals surface area contributed by atoms with Crippen LogP contribution in [0.15, 0.2) is 11.8 Å². The second-order valence-electron chi connectivity index (χ2n) is 6.70. The Morgan fingerprint density at radius 3 is 2.32 bits per heavy atom. The van der Waals surface area contributed by atoms with Crippen molar-refractivity contribution in [2.24, 2.45) is 5.92 Å². The largest absolute Gasteiger partial charge is 0.444 e. The van der Waals surface area contributed by atoms with Crippen molar-refractivity contribution in [1.29, 1.82) is 0 Å². The first-order valence-corrected chi connectivity index (χ1v) is 7.96. The summed E-state index contributed by atoms with van der Waals surface area (Å²) in [6, 6.07) is -0.261. The summed E-state index contributed by atoms with van der Waals surface area (Å²) in [6.45, 7) is 8.14. The van der Waals surface area contributed by atoms with Crippen LogP contribution in [-0.4, -0.2) is 30.8 Å². The number of rotatable bonds is 5. The molecule has 0 radical (unpaired) electrons. The van der Waals surface area contributed by atoms with Crippen LogP contribution in [0.5, 0.6) is 0 Å². The molecule has 6 heteroatoms. The Labute approximate surface area is 133 Å². The summed E-state index contributed by atoms with van der Waals surface area (Å²) in [5, 5.41) is 8.00. The second-order valence-corrected chi connectivity index (χ2v) is 6.70. The van der Waals surface area contributed by atoms with Crippen LogP contribution in [-0.2, 0) is 4.74 Å². The molecule has 0 heterocycles. The van der Waals surface area contributed by atoms with E-state index in [0.29, 0.717) is 19.0 Å². The van der Waals surface area contributed by atoms with E-state index in [1.54, 1.807) is 27.0 Å². The van der Waals surface area contributed by atoms with E-state index in [4.69, 9.17) is 4.74 Å². The number of amides is 3. The van der Waals surface area contributed by atoms with Crippen molar-refractivity contribution in [2.45, 2.75) is 59.0 Å². The van der Waals surface area contributed by atoms with Gasteiger partial charge < -0.3 is 20.7 Å². The highest BCUT2D eigenvalue weighted by Crippen LogP contribution is 2.30. The van der Waals surface area contributed by atoms with Crippen molar-refractivity contribution in [2.75, 3.05) is 13.1 Å². The van der Waals surface area contributed by atoms with Crippen LogP contribution >= 0.6 is 0 Å². The molecular formula is C16H29N3O3. The lowest BCUT2D eigenvalue weighted by atomic mass is 10.0. The summed E-state index contributed by atoms with van der Waals surface area (Å²) in [4.78, 5) is 23.0. The van der Waals surface area contributed by atoms with Gasteiger partial charge in [-0.15, -0.1) is 0 Å². The van der Waals surface area contributed by atoms with Crippen LogP contribution in [0.1, 0.15) is 53.4 Å². The van der Waals surface area contributed by atoms with E-state index < -0.39 is 11.7 Å². The highest BCUT2D eigenvalue weighted by Gasteiger charge is 2.17. The molecule has 0 saturated heterocycles. The van der Waals surface area contributed by atoms with Gasteiger partial charge in [-0.2, -0.15) is 0 Å². The second kappa shape index (κ2) is 8.66. The molecule has 6 nitrogen and oxygen atoms in total. The lowest BCUT2D eigenvalue weighted by molar-refractivity contribution is 0.0528. The number of carbonyl (C=O) groups excluding carboxylic acids is 2. The molecule has 1 rings (SSSR count). The van der Waals surface area contributed by atoms with Gasteiger partial charge in [0.1, 0.15) is 5.60 Å². The summed E-state index contributed by atoms with van der Waals surface area (Å²) in [6.07, 6.45) is 6.28. The molecule has 126 valence electrons. The van der Waals surface area contributed by atoms with Crippen LogP contribution in [0.25, 0.3) is 0 Å². The number of urea groups is 1. The molecule has 0 aliphatic heterocycles. The summed E-state index contributed by atoms with van der Waals surface area (Å²) in [5.41, 5.74) is 0.705. The highest BCUT2D eigenvalue weighted by atomic mass is 16.6. The third-order valence-corrected chi connectivity index (χ3v) is 3.51. The molecule has 0 aromatic heterocycles. The Hall–Kier alpha value is -1.72. The monoisotopic (exact) mass is 311 g/mol. The van der Waals surface area contributed by atoms with Gasteiger partial charge in [0.2, 0.25) is 0 Å². The van der Waals surface area contributed by atoms with E-state index in [0.717, 1.165) is 0 Å². The Morgan fingerprint density at radius 1 is 1.14 bits per heavy atom. The van der Waals surface area contributed by atoms with Crippen LogP contribution < -0.4 is 16.0 Å². The summed E-state index contributed by atoms with van der Waals surface area (Å²) >= 11 is 0. The summed E-state index contributed by atoms with van der Waals surface area (Å²) in [5.74, 6) is 0.606. The molecule has 3 N–H and O–H groups in total. The zero-order chi connectivity index (χ0) is 16.6. The minimum Gasteiger partial charge on any atom is -0.444 e. The number of carbonyl (C=O) groups is 2. The zero-order valence-corrected chi connectivity index (χ0v) is 14.1. The Balaban J connectivity index is 2.13. The molecule has 0 unspecified atom stereocenters. The minimum absolute atomic E-state index is 0.261. The fraction of sp³-hybridized carbons (Fsp3) is 0.750. The standard InChI is InChI=1S/C16H29N3O3/c1-12(13-7-5-6-8-13)11-19-14(20)17-9-10-18-15(21)22-16(2,3)4/h11,13H,5-10H2,1-4H3,(H,18,21)(H2,17,19,20)/b12-11+. The maximum Gasteiger partial charge on any atom is 0.407 e. The highest BCUT2D eigenvalue weighted by molar-refractivity contribution is 5.75. The van der Waals surface area contributed by atoms with Gasteiger partial charge >= 0.3 is 12.1 Å². The van der Waals surface area contributed by atoms with Gasteiger partial charge in [-0.3, -0.25) is 0 Å². The van der Waals surface area contributed by atoms with Crippen molar-refractivity contribution in [1.82, 2.24) is 16.0 Å². The van der Waals surface area contributed by atoms with Crippen molar-refractivity contribution in [3.63, 3.8) is 0 Å². The first-order valence-electron chi connectivity index (χ1n) is 7.96. The molecular weight excluding hydrogens is 282 g/mol. The normalized spacial score (nSPS) is 16.3. The van der Waals surface area contributed by atoms with Crippen LogP contribution in [0.2, 0.25) is 0 Å². The fourth-order valence-corrected chi connectivity index (χ4v) is 2.38. The summed E-state index contributed by atoms with van der Waals surface area (Å²) < 4.78 is 5.09. The third kappa shape index (κ3) is 7.90. The topological polar surface area (TPSA) is 79.5 Å². The smallest absolute Gasteiger partial charge is 0.407 e. The number of hydrogen-bond acceptors (Lipinski definition) is 3. The average molecular weight is 311 g/mol. The molecule has 0 spiro atoms. The Kier molecular flexibility index (Phi) is 7.21. The minimum atomic E-state index is -0.516. The van der Waals surface area contributed by atoms with Crippen LogP contribution in [0, 0.1) is 5.92 Å². The van der Waals surface area contributed by atoms with E-state index in [1.165, 1.54) is 31.3 Å². The summed E-state index contributed by atoms with van der Waals surface area (Å²) in [7, 11) is 0. The zero-order valence-electron chi connectivity index (χ0n) is 14.1. The maximum atomic E-state index is 11.6.